The van der Waals surface area contributed by atoms with E-state index in [-0.39, 0.29) is 25.7 Å². The molecule has 0 spiro atoms. The molecule has 0 saturated heterocycles. The zero-order valence-electron chi connectivity index (χ0n) is 74.5. The Morgan fingerprint density at radius 2 is 0.407 bits per heavy atom. The quantitative estimate of drug-likeness (QED) is 0.0222. The van der Waals surface area contributed by atoms with Crippen molar-refractivity contribution in [2.24, 2.45) is 5.92 Å². The summed E-state index contributed by atoms with van der Waals surface area (Å²) < 4.78 is 69.1. The number of hydrogen-bond donors (Lipinski definition) is 3. The average Bonchev–Trinajstić information content (AvgIpc) is 0.905. The second-order valence-corrected chi connectivity index (χ2v) is 37.1. The Morgan fingerprint density at radius 1 is 0.239 bits per heavy atom. The van der Waals surface area contributed by atoms with Crippen molar-refractivity contribution < 1.29 is 80.2 Å². The highest BCUT2D eigenvalue weighted by molar-refractivity contribution is 7.47. The summed E-state index contributed by atoms with van der Waals surface area (Å²) in [5, 5.41) is 10.7. The van der Waals surface area contributed by atoms with Gasteiger partial charge in [0.05, 0.1) is 26.4 Å². The molecule has 0 radical (unpaired) electrons. The van der Waals surface area contributed by atoms with E-state index < -0.39 is 97.5 Å². The van der Waals surface area contributed by atoms with Gasteiger partial charge in [-0.1, -0.05) is 465 Å². The first-order valence-corrected chi connectivity index (χ1v) is 51.6. The number of aliphatic hydroxyl groups is 1. The Balaban J connectivity index is 5.22. The molecule has 672 valence electrons. The molecule has 17 nitrogen and oxygen atoms in total. The van der Waals surface area contributed by atoms with E-state index in [1.54, 1.807) is 0 Å². The maximum absolute atomic E-state index is 13.2. The van der Waals surface area contributed by atoms with Gasteiger partial charge in [0.1, 0.15) is 19.3 Å². The van der Waals surface area contributed by atoms with E-state index in [9.17, 15) is 43.2 Å². The molecule has 0 fully saturated rings. The van der Waals surface area contributed by atoms with Crippen LogP contribution in [0.15, 0.2) is 0 Å². The minimum atomic E-state index is -4.97. The first-order chi connectivity index (χ1) is 55.0. The Kier molecular flexibility index (Phi) is 85.0. The predicted molar refractivity (Wildman–Crippen MR) is 469 cm³/mol. The van der Waals surface area contributed by atoms with Gasteiger partial charge in [0, 0.05) is 25.7 Å². The van der Waals surface area contributed by atoms with Crippen LogP contribution in [0.1, 0.15) is 516 Å². The predicted octanol–water partition coefficient (Wildman–Crippen LogP) is 29.5. The molecular weight excluding hydrogens is 1460 g/mol. The lowest BCUT2D eigenvalue weighted by atomic mass is 10.0. The molecule has 2 unspecified atom stereocenters. The molecule has 0 aromatic carbocycles. The second kappa shape index (κ2) is 86.4. The molecule has 113 heavy (non-hydrogen) atoms. The Labute approximate surface area is 696 Å². The SMILES string of the molecule is CCCCCCCCCCCCCCCCCCCCCCCCC(=O)OC[C@H](COP(=O)(O)OC[C@@H](O)COP(=O)(O)OC[C@@H](COC(=O)CCCCCCCCCCCCC)OC(=O)CCCCCCCCCCCCCCCCCC(C)C)OC(=O)CCCCCCCCCCCCCCCCCCCCCCCC. The standard InChI is InChI=1S/C94H184O17P2/c1-6-9-12-15-18-21-24-26-28-30-32-34-36-38-40-44-48-53-58-63-68-73-78-92(97)105-84-90(111-93(98)79-74-69-64-59-54-49-45-41-39-37-35-33-31-29-27-25-22-19-16-13-10-7-2)86-109-113(102,103)107-82-88(95)81-106-112(100,101)108-85-89(83-104-91(96)77-72-67-62-57-51-23-20-17-14-11-8-3)110-94(99)80-75-70-65-60-55-50-46-42-43-47-52-56-61-66-71-76-87(4)5/h87-90,95H,6-86H2,1-5H3,(H,100,101)(H,102,103)/t88-,89+,90+/m0/s1. The van der Waals surface area contributed by atoms with Gasteiger partial charge in [0.15, 0.2) is 12.2 Å². The number of carbonyl (C=O) groups is 4. The number of hydrogen-bond acceptors (Lipinski definition) is 15. The minimum absolute atomic E-state index is 0.109. The molecule has 0 heterocycles. The topological polar surface area (TPSA) is 237 Å². The minimum Gasteiger partial charge on any atom is -0.462 e. The van der Waals surface area contributed by atoms with Gasteiger partial charge < -0.3 is 33.8 Å². The molecule has 5 atom stereocenters. The van der Waals surface area contributed by atoms with E-state index in [0.717, 1.165) is 95.8 Å². The number of phosphoric ester groups is 2. The van der Waals surface area contributed by atoms with Gasteiger partial charge in [0.2, 0.25) is 0 Å². The monoisotopic (exact) mass is 1650 g/mol. The van der Waals surface area contributed by atoms with Crippen molar-refractivity contribution in [1.82, 2.24) is 0 Å². The smallest absolute Gasteiger partial charge is 0.462 e. The van der Waals surface area contributed by atoms with Crippen LogP contribution in [-0.4, -0.2) is 96.7 Å². The van der Waals surface area contributed by atoms with Gasteiger partial charge in [-0.05, 0) is 31.6 Å². The molecular formula is C94H184O17P2. The number of phosphoric acid groups is 2. The van der Waals surface area contributed by atoms with Crippen LogP contribution in [0.2, 0.25) is 0 Å². The Bertz CT molecular complexity index is 2140. The molecule has 3 N–H and O–H groups in total. The van der Waals surface area contributed by atoms with Crippen LogP contribution in [0.4, 0.5) is 0 Å². The normalized spacial score (nSPS) is 13.6. The summed E-state index contributed by atoms with van der Waals surface area (Å²) in [6.45, 7) is 7.43. The van der Waals surface area contributed by atoms with Crippen LogP contribution >= 0.6 is 15.6 Å². The van der Waals surface area contributed by atoms with E-state index in [2.05, 4.69) is 34.6 Å². The number of unbranched alkanes of at least 4 members (excludes halogenated alkanes) is 66. The highest BCUT2D eigenvalue weighted by Gasteiger charge is 2.31. The van der Waals surface area contributed by atoms with E-state index in [1.807, 2.05) is 0 Å². The van der Waals surface area contributed by atoms with Crippen molar-refractivity contribution in [2.45, 2.75) is 534 Å². The van der Waals surface area contributed by atoms with Crippen molar-refractivity contribution in [1.29, 1.82) is 0 Å². The third kappa shape index (κ3) is 87.7. The summed E-state index contributed by atoms with van der Waals surface area (Å²) in [6, 6.07) is 0. The molecule has 0 aromatic rings. The fourth-order valence-corrected chi connectivity index (χ4v) is 16.5. The van der Waals surface area contributed by atoms with Gasteiger partial charge >= 0.3 is 39.5 Å². The lowest BCUT2D eigenvalue weighted by Gasteiger charge is -2.21. The fourth-order valence-electron chi connectivity index (χ4n) is 14.9. The van der Waals surface area contributed by atoms with Crippen LogP contribution in [0, 0.1) is 5.92 Å². The van der Waals surface area contributed by atoms with Crippen LogP contribution < -0.4 is 0 Å². The van der Waals surface area contributed by atoms with Gasteiger partial charge in [0.25, 0.3) is 0 Å². The first-order valence-electron chi connectivity index (χ1n) is 48.6. The summed E-state index contributed by atoms with van der Waals surface area (Å²) in [4.78, 5) is 73.5. The molecule has 0 aliphatic heterocycles. The van der Waals surface area contributed by atoms with Crippen LogP contribution in [-0.2, 0) is 65.4 Å². The van der Waals surface area contributed by atoms with E-state index in [4.69, 9.17) is 37.0 Å². The Morgan fingerprint density at radius 3 is 0.602 bits per heavy atom. The highest BCUT2D eigenvalue weighted by Crippen LogP contribution is 2.45. The number of rotatable bonds is 94. The number of carbonyl (C=O) groups excluding carboxylic acids is 4. The van der Waals surface area contributed by atoms with Crippen molar-refractivity contribution >= 4 is 39.5 Å². The number of aliphatic hydroxyl groups excluding tert-OH is 1. The third-order valence-electron chi connectivity index (χ3n) is 22.3. The number of esters is 4. The number of ether oxygens (including phenoxy) is 4. The Hall–Kier alpha value is -1.94. The van der Waals surface area contributed by atoms with Gasteiger partial charge in [-0.25, -0.2) is 9.13 Å². The van der Waals surface area contributed by atoms with Gasteiger partial charge in [-0.3, -0.25) is 37.3 Å². The van der Waals surface area contributed by atoms with Gasteiger partial charge in [-0.15, -0.1) is 0 Å². The first kappa shape index (κ1) is 111. The molecule has 0 saturated carbocycles. The van der Waals surface area contributed by atoms with Crippen molar-refractivity contribution in [3.8, 4) is 0 Å². The van der Waals surface area contributed by atoms with Crippen molar-refractivity contribution in [3.05, 3.63) is 0 Å². The third-order valence-corrected chi connectivity index (χ3v) is 24.2. The van der Waals surface area contributed by atoms with Crippen LogP contribution in [0.25, 0.3) is 0 Å². The summed E-state index contributed by atoms with van der Waals surface area (Å²) in [6.07, 6.45) is 83.6. The zero-order valence-corrected chi connectivity index (χ0v) is 76.3. The lowest BCUT2D eigenvalue weighted by Crippen LogP contribution is -2.30. The van der Waals surface area contributed by atoms with Crippen molar-refractivity contribution in [2.75, 3.05) is 39.6 Å². The maximum atomic E-state index is 13.2. The summed E-state index contributed by atoms with van der Waals surface area (Å²) in [7, 11) is -9.94. The second-order valence-electron chi connectivity index (χ2n) is 34.2. The van der Waals surface area contributed by atoms with Crippen molar-refractivity contribution in [3.63, 3.8) is 0 Å². The van der Waals surface area contributed by atoms with E-state index >= 15 is 0 Å². The zero-order chi connectivity index (χ0) is 82.6. The van der Waals surface area contributed by atoms with E-state index in [1.165, 1.54) is 340 Å². The molecule has 0 bridgehead atoms. The fraction of sp³-hybridized carbons (Fsp3) is 0.957. The molecule has 0 aliphatic rings. The molecule has 19 heteroatoms. The summed E-state index contributed by atoms with van der Waals surface area (Å²) >= 11 is 0. The lowest BCUT2D eigenvalue weighted by molar-refractivity contribution is -0.161. The molecule has 0 rings (SSSR count). The summed E-state index contributed by atoms with van der Waals surface area (Å²) in [5.41, 5.74) is 0. The van der Waals surface area contributed by atoms with Crippen LogP contribution in [0.5, 0.6) is 0 Å². The maximum Gasteiger partial charge on any atom is 0.472 e. The molecule has 0 aromatic heterocycles. The van der Waals surface area contributed by atoms with E-state index in [0.29, 0.717) is 25.7 Å². The summed E-state index contributed by atoms with van der Waals surface area (Å²) in [5.74, 6) is -1.29. The highest BCUT2D eigenvalue weighted by atomic mass is 31.2. The molecule has 0 aliphatic carbocycles. The van der Waals surface area contributed by atoms with Gasteiger partial charge in [-0.2, -0.15) is 0 Å². The largest absolute Gasteiger partial charge is 0.472 e. The average molecular weight is 1650 g/mol. The van der Waals surface area contributed by atoms with Crippen LogP contribution in [0.3, 0.4) is 0 Å². The molecule has 0 amide bonds.